The molecule has 1 unspecified atom stereocenters. The van der Waals surface area contributed by atoms with Gasteiger partial charge in [-0.15, -0.1) is 0 Å². The Hall–Kier alpha value is -1.35. The van der Waals surface area contributed by atoms with Gasteiger partial charge in [-0.2, -0.15) is 0 Å². The van der Waals surface area contributed by atoms with Gasteiger partial charge in [0.25, 0.3) is 0 Å². The average molecular weight is 300 g/mol. The Labute approximate surface area is 134 Å². The van der Waals surface area contributed by atoms with Gasteiger partial charge in [0.05, 0.1) is 0 Å². The first-order chi connectivity index (χ1) is 10.8. The molecular weight excluding hydrogens is 272 g/mol. The van der Waals surface area contributed by atoms with E-state index >= 15 is 0 Å². The van der Waals surface area contributed by atoms with E-state index in [9.17, 15) is 4.79 Å². The van der Waals surface area contributed by atoms with Crippen molar-refractivity contribution >= 4 is 5.91 Å². The zero-order chi connectivity index (χ0) is 15.4. The number of carbonyl (C=O) groups excluding carboxylic acids is 1. The lowest BCUT2D eigenvalue weighted by Crippen LogP contribution is -2.56. The average Bonchev–Trinajstić information content (AvgIpc) is 3.38. The fourth-order valence-electron chi connectivity index (χ4n) is 3.51. The number of hydrogen-bond donors (Lipinski definition) is 0. The minimum absolute atomic E-state index is 0.348. The van der Waals surface area contributed by atoms with Crippen molar-refractivity contribution in [1.82, 2.24) is 9.80 Å². The lowest BCUT2D eigenvalue weighted by Gasteiger charge is -2.42. The van der Waals surface area contributed by atoms with Crippen molar-refractivity contribution in [2.75, 3.05) is 19.6 Å². The Bertz CT molecular complexity index is 483. The van der Waals surface area contributed by atoms with Crippen molar-refractivity contribution in [3.63, 3.8) is 0 Å². The van der Waals surface area contributed by atoms with Crippen LogP contribution in [0.25, 0.3) is 0 Å². The van der Waals surface area contributed by atoms with Crippen molar-refractivity contribution in [3.05, 3.63) is 35.9 Å². The smallest absolute Gasteiger partial charge is 0.222 e. The first-order valence-corrected chi connectivity index (χ1v) is 8.85. The molecule has 1 aromatic carbocycles. The third kappa shape index (κ3) is 3.89. The molecule has 1 amide bonds. The quantitative estimate of drug-likeness (QED) is 0.806. The molecule has 2 fully saturated rings. The highest BCUT2D eigenvalue weighted by molar-refractivity contribution is 5.76. The molecule has 3 heteroatoms. The largest absolute Gasteiger partial charge is 0.337 e. The number of benzene rings is 1. The van der Waals surface area contributed by atoms with Crippen LogP contribution in [-0.2, 0) is 11.2 Å². The van der Waals surface area contributed by atoms with Crippen LogP contribution in [0.3, 0.4) is 0 Å². The number of hydrogen-bond acceptors (Lipinski definition) is 2. The predicted molar refractivity (Wildman–Crippen MR) is 89.8 cm³/mol. The Kier molecular flexibility index (Phi) is 5.14. The molecule has 0 radical (unpaired) electrons. The fraction of sp³-hybridized carbons (Fsp3) is 0.632. The summed E-state index contributed by atoms with van der Waals surface area (Å²) in [5.41, 5.74) is 1.35. The maximum Gasteiger partial charge on any atom is 0.222 e. The van der Waals surface area contributed by atoms with Gasteiger partial charge in [0, 0.05) is 38.1 Å². The molecule has 1 atom stereocenters. The molecule has 0 aromatic heterocycles. The summed E-state index contributed by atoms with van der Waals surface area (Å²) in [4.78, 5) is 17.3. The van der Waals surface area contributed by atoms with Gasteiger partial charge in [-0.1, -0.05) is 43.7 Å². The van der Waals surface area contributed by atoms with Crippen molar-refractivity contribution in [2.45, 2.75) is 57.5 Å². The van der Waals surface area contributed by atoms with Crippen LogP contribution in [0.15, 0.2) is 30.3 Å². The number of piperazine rings is 1. The molecule has 0 N–H and O–H groups in total. The molecule has 1 saturated carbocycles. The summed E-state index contributed by atoms with van der Waals surface area (Å²) >= 11 is 0. The van der Waals surface area contributed by atoms with Crippen molar-refractivity contribution in [3.8, 4) is 0 Å². The second kappa shape index (κ2) is 7.28. The molecule has 3 nitrogen and oxygen atoms in total. The summed E-state index contributed by atoms with van der Waals surface area (Å²) in [6.07, 6.45) is 6.51. The number of nitrogens with zero attached hydrogens (tertiary/aromatic N) is 2. The molecule has 0 bridgehead atoms. The zero-order valence-electron chi connectivity index (χ0n) is 13.7. The third-order valence-corrected chi connectivity index (χ3v) is 4.96. The Balaban J connectivity index is 1.67. The topological polar surface area (TPSA) is 23.6 Å². The molecule has 1 saturated heterocycles. The molecule has 2 aliphatic rings. The summed E-state index contributed by atoms with van der Waals surface area (Å²) in [6.45, 7) is 5.18. The van der Waals surface area contributed by atoms with E-state index < -0.39 is 0 Å². The van der Waals surface area contributed by atoms with Crippen LogP contribution in [0.4, 0.5) is 0 Å². The highest BCUT2D eigenvalue weighted by Gasteiger charge is 2.36. The van der Waals surface area contributed by atoms with E-state index in [-0.39, 0.29) is 0 Å². The summed E-state index contributed by atoms with van der Waals surface area (Å²) in [5, 5.41) is 0. The number of carbonyl (C=O) groups is 1. The second-order valence-corrected chi connectivity index (χ2v) is 6.76. The Morgan fingerprint density at radius 2 is 1.95 bits per heavy atom. The zero-order valence-corrected chi connectivity index (χ0v) is 13.7. The number of rotatable bonds is 6. The van der Waals surface area contributed by atoms with Gasteiger partial charge in [0.2, 0.25) is 5.91 Å². The molecule has 1 aliphatic carbocycles. The maximum absolute atomic E-state index is 12.6. The molecule has 1 aromatic rings. The van der Waals surface area contributed by atoms with E-state index in [4.69, 9.17) is 0 Å². The van der Waals surface area contributed by atoms with Crippen molar-refractivity contribution in [1.29, 1.82) is 0 Å². The lowest BCUT2D eigenvalue weighted by molar-refractivity contribution is -0.136. The van der Waals surface area contributed by atoms with E-state index in [0.717, 1.165) is 44.9 Å². The molecule has 0 spiro atoms. The van der Waals surface area contributed by atoms with E-state index in [0.29, 0.717) is 18.4 Å². The van der Waals surface area contributed by atoms with Crippen LogP contribution in [0, 0.1) is 0 Å². The number of amides is 1. The van der Waals surface area contributed by atoms with Gasteiger partial charge in [-0.25, -0.2) is 0 Å². The Morgan fingerprint density at radius 3 is 2.64 bits per heavy atom. The molecule has 3 rings (SSSR count). The van der Waals surface area contributed by atoms with E-state index in [1.807, 2.05) is 0 Å². The molecule has 1 heterocycles. The minimum atomic E-state index is 0.348. The van der Waals surface area contributed by atoms with Gasteiger partial charge in [0.1, 0.15) is 0 Å². The molecule has 120 valence electrons. The lowest BCUT2D eigenvalue weighted by atomic mass is 10.0. The summed E-state index contributed by atoms with van der Waals surface area (Å²) in [7, 11) is 0. The van der Waals surface area contributed by atoms with Crippen LogP contribution in [0.2, 0.25) is 0 Å². The SMILES string of the molecule is CCCCC(=O)N1CCN(C2CC2)CC1Cc1ccccc1. The Morgan fingerprint density at radius 1 is 1.18 bits per heavy atom. The standard InChI is InChI=1S/C19H28N2O/c1-2-3-9-19(22)21-13-12-20(17-10-11-17)15-18(21)14-16-7-5-4-6-8-16/h4-8,17-18H,2-3,9-15H2,1H3. The number of unbranched alkanes of at least 4 members (excludes halogenated alkanes) is 1. The van der Waals surface area contributed by atoms with E-state index in [1.54, 1.807) is 0 Å². The normalized spacial score (nSPS) is 22.8. The van der Waals surface area contributed by atoms with Gasteiger partial charge in [-0.3, -0.25) is 9.69 Å². The monoisotopic (exact) mass is 300 g/mol. The van der Waals surface area contributed by atoms with Gasteiger partial charge in [-0.05, 0) is 31.2 Å². The van der Waals surface area contributed by atoms with Crippen LogP contribution in [0.5, 0.6) is 0 Å². The third-order valence-electron chi connectivity index (χ3n) is 4.96. The van der Waals surface area contributed by atoms with Crippen molar-refractivity contribution < 1.29 is 4.79 Å². The van der Waals surface area contributed by atoms with E-state index in [2.05, 4.69) is 47.1 Å². The summed E-state index contributed by atoms with van der Waals surface area (Å²) < 4.78 is 0. The minimum Gasteiger partial charge on any atom is -0.337 e. The summed E-state index contributed by atoms with van der Waals surface area (Å²) in [6, 6.07) is 11.8. The molecule has 22 heavy (non-hydrogen) atoms. The molecule has 1 aliphatic heterocycles. The van der Waals surface area contributed by atoms with E-state index in [1.165, 1.54) is 18.4 Å². The molecular formula is C19H28N2O. The first kappa shape index (κ1) is 15.5. The second-order valence-electron chi connectivity index (χ2n) is 6.76. The van der Waals surface area contributed by atoms with Crippen LogP contribution >= 0.6 is 0 Å². The first-order valence-electron chi connectivity index (χ1n) is 8.85. The van der Waals surface area contributed by atoms with Crippen molar-refractivity contribution in [2.24, 2.45) is 0 Å². The highest BCUT2D eigenvalue weighted by Crippen LogP contribution is 2.29. The van der Waals surface area contributed by atoms with Gasteiger partial charge in [0.15, 0.2) is 0 Å². The van der Waals surface area contributed by atoms with Crippen LogP contribution < -0.4 is 0 Å². The van der Waals surface area contributed by atoms with Gasteiger partial charge >= 0.3 is 0 Å². The maximum atomic E-state index is 12.6. The van der Waals surface area contributed by atoms with Crippen LogP contribution in [0.1, 0.15) is 44.6 Å². The predicted octanol–water partition coefficient (Wildman–Crippen LogP) is 3.09. The van der Waals surface area contributed by atoms with Crippen LogP contribution in [-0.4, -0.2) is 47.4 Å². The summed E-state index contributed by atoms with van der Waals surface area (Å²) in [5.74, 6) is 0.359. The highest BCUT2D eigenvalue weighted by atomic mass is 16.2. The van der Waals surface area contributed by atoms with Gasteiger partial charge < -0.3 is 4.90 Å². The fourth-order valence-corrected chi connectivity index (χ4v) is 3.51.